The van der Waals surface area contributed by atoms with Crippen molar-refractivity contribution in [2.24, 2.45) is 0 Å². The first-order valence-corrected chi connectivity index (χ1v) is 31.7. The molecule has 0 radical (unpaired) electrons. The van der Waals surface area contributed by atoms with Crippen molar-refractivity contribution in [2.45, 2.75) is 174 Å². The largest absolute Gasteiger partial charge is 0.311 e. The Morgan fingerprint density at radius 2 is 0.765 bits per heavy atom. The molecule has 0 amide bonds. The molecule has 85 heavy (non-hydrogen) atoms. The van der Waals surface area contributed by atoms with Gasteiger partial charge in [0.1, 0.15) is 0 Å². The predicted octanol–water partition coefficient (Wildman–Crippen LogP) is 20.2. The first kappa shape index (κ1) is 55.3. The lowest BCUT2D eigenvalue weighted by atomic mass is 9.33. The van der Waals surface area contributed by atoms with Gasteiger partial charge in [0.05, 0.1) is 11.4 Å². The van der Waals surface area contributed by atoms with E-state index in [0.717, 1.165) is 42.7 Å². The number of aryl methyl sites for hydroxylation is 1. The molecule has 2 aliphatic heterocycles. The van der Waals surface area contributed by atoms with Gasteiger partial charge in [0.25, 0.3) is 6.71 Å². The molecule has 428 valence electrons. The molecule has 0 fully saturated rings. The summed E-state index contributed by atoms with van der Waals surface area (Å²) in [5.74, 6) is 0. The third-order valence-corrected chi connectivity index (χ3v) is 21.7. The van der Waals surface area contributed by atoms with E-state index in [1.807, 2.05) is 0 Å². The lowest BCUT2D eigenvalue weighted by molar-refractivity contribution is 0.331. The molecular weight excluding hydrogens is 1030 g/mol. The van der Waals surface area contributed by atoms with E-state index in [9.17, 15) is 0 Å². The van der Waals surface area contributed by atoms with Crippen molar-refractivity contribution in [2.75, 3.05) is 14.7 Å². The van der Waals surface area contributed by atoms with Gasteiger partial charge >= 0.3 is 0 Å². The van der Waals surface area contributed by atoms with Crippen LogP contribution in [0.4, 0.5) is 51.2 Å². The third-order valence-electron chi connectivity index (χ3n) is 21.7. The number of para-hydroxylation sites is 2. The molecule has 0 saturated carbocycles. The minimum atomic E-state index is -0.266. The number of hydrogen-bond donors (Lipinski definition) is 0. The number of benzene rings is 9. The van der Waals surface area contributed by atoms with Gasteiger partial charge < -0.3 is 14.7 Å². The van der Waals surface area contributed by atoms with Crippen molar-refractivity contribution in [3.05, 3.63) is 238 Å². The first-order valence-electron chi connectivity index (χ1n) is 31.7. The lowest BCUT2D eigenvalue weighted by Crippen LogP contribution is -2.62. The Morgan fingerprint density at radius 3 is 1.26 bits per heavy atom. The Balaban J connectivity index is 1.17. The second-order valence-electron chi connectivity index (χ2n) is 30.7. The van der Waals surface area contributed by atoms with Crippen molar-refractivity contribution in [3.8, 4) is 11.1 Å². The Bertz CT molecular complexity index is 4100. The summed E-state index contributed by atoms with van der Waals surface area (Å²) in [6.45, 7) is 37.1. The van der Waals surface area contributed by atoms with Crippen molar-refractivity contribution >= 4 is 74.3 Å². The van der Waals surface area contributed by atoms with Crippen LogP contribution in [0.3, 0.4) is 0 Å². The highest BCUT2D eigenvalue weighted by atomic mass is 15.2. The predicted molar refractivity (Wildman–Crippen MR) is 365 cm³/mol. The number of anilines is 9. The maximum atomic E-state index is 2.78. The first-order chi connectivity index (χ1) is 40.3. The van der Waals surface area contributed by atoms with E-state index in [2.05, 4.69) is 307 Å². The SMILES string of the molecule is Cc1cc2c(cc1N1c3cc4c(cc3B3c5cc6c(cc5N(c5ccc(C(C)(C)c7ccccc7)cc5-c5ccccc5)c5cc(N(c7ccccc7)c7ccccc7)cc1c53)C(C)(C)CC6(C)C)C(C)(C)CCC4(C)C)C(C)(C)CCC2(C)C. The minimum Gasteiger partial charge on any atom is -0.311 e. The van der Waals surface area contributed by atoms with Crippen molar-refractivity contribution in [3.63, 3.8) is 0 Å². The van der Waals surface area contributed by atoms with Gasteiger partial charge in [-0.05, 0) is 210 Å². The average Bonchev–Trinajstić information content (AvgIpc) is 1.47. The van der Waals surface area contributed by atoms with Gasteiger partial charge in [-0.25, -0.2) is 0 Å². The van der Waals surface area contributed by atoms with Crippen LogP contribution < -0.4 is 31.1 Å². The summed E-state index contributed by atoms with van der Waals surface area (Å²) >= 11 is 0. The Kier molecular flexibility index (Phi) is 12.3. The van der Waals surface area contributed by atoms with E-state index >= 15 is 0 Å². The molecule has 0 saturated heterocycles. The molecule has 0 N–H and O–H groups in total. The van der Waals surface area contributed by atoms with Crippen LogP contribution in [-0.4, -0.2) is 6.71 Å². The van der Waals surface area contributed by atoms with Gasteiger partial charge in [-0.15, -0.1) is 0 Å². The number of hydrogen-bond acceptors (Lipinski definition) is 3. The van der Waals surface area contributed by atoms with Crippen LogP contribution in [0.5, 0.6) is 0 Å². The van der Waals surface area contributed by atoms with Gasteiger partial charge in [0.2, 0.25) is 0 Å². The Hall–Kier alpha value is -7.56. The van der Waals surface area contributed by atoms with Gasteiger partial charge in [-0.3, -0.25) is 0 Å². The van der Waals surface area contributed by atoms with E-state index < -0.39 is 0 Å². The highest BCUT2D eigenvalue weighted by Crippen LogP contribution is 2.57. The van der Waals surface area contributed by atoms with Gasteiger partial charge in [-0.1, -0.05) is 218 Å². The highest BCUT2D eigenvalue weighted by Gasteiger charge is 2.51. The summed E-state index contributed by atoms with van der Waals surface area (Å²) in [5, 5.41) is 0. The summed E-state index contributed by atoms with van der Waals surface area (Å²) in [5.41, 5.74) is 29.9. The maximum Gasteiger partial charge on any atom is 0.252 e. The topological polar surface area (TPSA) is 9.72 Å². The quantitative estimate of drug-likeness (QED) is 0.140. The third kappa shape index (κ3) is 8.64. The fourth-order valence-corrected chi connectivity index (χ4v) is 16.7. The number of rotatable bonds is 8. The molecule has 9 aromatic rings. The fourth-order valence-electron chi connectivity index (χ4n) is 16.7. The van der Waals surface area contributed by atoms with E-state index in [1.165, 1.54) is 118 Å². The highest BCUT2D eigenvalue weighted by molar-refractivity contribution is 7.00. The minimum absolute atomic E-state index is 0.000786. The van der Waals surface area contributed by atoms with E-state index in [4.69, 9.17) is 0 Å². The Morgan fingerprint density at radius 1 is 0.365 bits per heavy atom. The van der Waals surface area contributed by atoms with E-state index in [-0.39, 0.29) is 44.6 Å². The molecule has 3 aliphatic carbocycles. The molecule has 0 bridgehead atoms. The van der Waals surface area contributed by atoms with Gasteiger partial charge in [0, 0.05) is 50.8 Å². The van der Waals surface area contributed by atoms with Gasteiger partial charge in [0.15, 0.2) is 0 Å². The van der Waals surface area contributed by atoms with Crippen LogP contribution in [0, 0.1) is 6.92 Å². The van der Waals surface area contributed by atoms with Crippen LogP contribution in [0.1, 0.15) is 179 Å². The smallest absolute Gasteiger partial charge is 0.252 e. The van der Waals surface area contributed by atoms with Gasteiger partial charge in [-0.2, -0.15) is 0 Å². The van der Waals surface area contributed by atoms with Crippen LogP contribution in [0.2, 0.25) is 0 Å². The number of nitrogens with zero attached hydrogens (tertiary/aromatic N) is 3. The summed E-state index contributed by atoms with van der Waals surface area (Å²) in [6, 6.07) is 73.2. The molecular formula is C81H86BN3. The molecule has 9 aromatic carbocycles. The standard InChI is InChI=1S/C81H86BN3/c1-52-42-60-63(77(6,7)40-38-75(60,2)3)48-69(52)85-71-49-64-61(76(4,5)39-41-78(64,8)9)46-66(71)82-67-47-62-65(80(12,13)51-79(62,10)11)50-70(67)84(68-37-36-55(43-59(68)53-28-20-16-21-29-53)81(14,15)54-30-22-17-23-31-54)72-44-58(45-73(85)74(72)82)83(56-32-24-18-25-33-56)57-34-26-19-27-35-57/h16-37,42-50H,38-41,51H2,1-15H3. The molecule has 2 heterocycles. The molecule has 5 aliphatic rings. The lowest BCUT2D eigenvalue weighted by Gasteiger charge is -2.49. The molecule has 0 unspecified atom stereocenters. The monoisotopic (exact) mass is 1110 g/mol. The molecule has 0 atom stereocenters. The molecule has 0 aromatic heterocycles. The summed E-state index contributed by atoms with van der Waals surface area (Å²) in [4.78, 5) is 8.03. The molecule has 3 nitrogen and oxygen atoms in total. The maximum absolute atomic E-state index is 2.78. The molecule has 14 rings (SSSR count). The number of fused-ring (bicyclic) bond motifs is 7. The second kappa shape index (κ2) is 19.0. The zero-order valence-corrected chi connectivity index (χ0v) is 53.4. The van der Waals surface area contributed by atoms with E-state index in [0.29, 0.717) is 0 Å². The Labute approximate surface area is 509 Å². The van der Waals surface area contributed by atoms with Crippen LogP contribution in [0.15, 0.2) is 188 Å². The van der Waals surface area contributed by atoms with Crippen LogP contribution >= 0.6 is 0 Å². The molecule has 0 spiro atoms. The molecule has 4 heteroatoms. The van der Waals surface area contributed by atoms with Crippen molar-refractivity contribution < 1.29 is 0 Å². The average molecular weight is 1110 g/mol. The normalized spacial score (nSPS) is 18.6. The van der Waals surface area contributed by atoms with Crippen molar-refractivity contribution in [1.29, 1.82) is 0 Å². The summed E-state index contributed by atoms with van der Waals surface area (Å²) in [6.07, 6.45) is 5.69. The van der Waals surface area contributed by atoms with E-state index in [1.54, 1.807) is 0 Å². The van der Waals surface area contributed by atoms with Crippen molar-refractivity contribution in [1.82, 2.24) is 0 Å². The van der Waals surface area contributed by atoms with Crippen LogP contribution in [0.25, 0.3) is 11.1 Å². The zero-order valence-electron chi connectivity index (χ0n) is 53.4. The summed E-state index contributed by atoms with van der Waals surface area (Å²) in [7, 11) is 0. The fraction of sp³-hybridized carbons (Fsp3) is 0.333. The second-order valence-corrected chi connectivity index (χ2v) is 30.7. The zero-order chi connectivity index (χ0) is 59.5. The summed E-state index contributed by atoms with van der Waals surface area (Å²) < 4.78 is 0. The van der Waals surface area contributed by atoms with Crippen LogP contribution in [-0.2, 0) is 37.9 Å².